The first kappa shape index (κ1) is 21.5. The fourth-order valence-electron chi connectivity index (χ4n) is 8.00. The molecule has 1 N–H and O–H groups in total. The Bertz CT molecular complexity index is 635. The van der Waals surface area contributed by atoms with Crippen molar-refractivity contribution < 1.29 is 27.8 Å². The van der Waals surface area contributed by atoms with Gasteiger partial charge in [0.1, 0.15) is 0 Å². The zero-order chi connectivity index (χ0) is 21.0. The van der Waals surface area contributed by atoms with Gasteiger partial charge in [0.2, 0.25) is 0 Å². The van der Waals surface area contributed by atoms with E-state index in [1.807, 2.05) is 6.92 Å². The molecule has 4 aliphatic rings. The molecular formula is C23H35F3O3. The molecule has 4 fully saturated rings. The lowest BCUT2D eigenvalue weighted by Crippen LogP contribution is -2.55. The number of fused-ring (bicyclic) bond motifs is 5. The summed E-state index contributed by atoms with van der Waals surface area (Å²) in [4.78, 5) is 12.1. The molecular weight excluding hydrogens is 381 g/mol. The number of aliphatic hydroxyl groups is 1. The largest absolute Gasteiger partial charge is 0.466 e. The van der Waals surface area contributed by atoms with Crippen LogP contribution in [0.15, 0.2) is 0 Å². The van der Waals surface area contributed by atoms with Gasteiger partial charge < -0.3 is 9.84 Å². The summed E-state index contributed by atoms with van der Waals surface area (Å²) in [5.74, 6) is 2.23. The van der Waals surface area contributed by atoms with Crippen LogP contribution in [0.25, 0.3) is 0 Å². The van der Waals surface area contributed by atoms with E-state index in [0.717, 1.165) is 38.5 Å². The zero-order valence-electron chi connectivity index (χ0n) is 17.6. The highest BCUT2D eigenvalue weighted by Gasteiger charge is 2.61. The van der Waals surface area contributed by atoms with Gasteiger partial charge in [-0.05, 0) is 106 Å². The normalized spacial score (nSPS) is 47.1. The van der Waals surface area contributed by atoms with Crippen LogP contribution >= 0.6 is 0 Å². The van der Waals surface area contributed by atoms with Crippen molar-refractivity contribution in [3.05, 3.63) is 0 Å². The van der Waals surface area contributed by atoms with Crippen molar-refractivity contribution >= 4 is 5.97 Å². The van der Waals surface area contributed by atoms with Crippen LogP contribution in [0.1, 0.15) is 78.1 Å². The molecule has 0 bridgehead atoms. The van der Waals surface area contributed by atoms with Crippen LogP contribution in [-0.4, -0.2) is 29.5 Å². The first-order valence-corrected chi connectivity index (χ1v) is 11.5. The van der Waals surface area contributed by atoms with Crippen molar-refractivity contribution in [2.45, 2.75) is 89.8 Å². The van der Waals surface area contributed by atoms with E-state index in [4.69, 9.17) is 4.74 Å². The van der Waals surface area contributed by atoms with Crippen molar-refractivity contribution in [2.75, 3.05) is 6.61 Å². The summed E-state index contributed by atoms with van der Waals surface area (Å²) in [6, 6.07) is 0. The Morgan fingerprint density at radius 2 is 1.76 bits per heavy atom. The predicted molar refractivity (Wildman–Crippen MR) is 103 cm³/mol. The maximum atomic E-state index is 13.4. The van der Waals surface area contributed by atoms with Gasteiger partial charge in [0.15, 0.2) is 5.60 Å². The summed E-state index contributed by atoms with van der Waals surface area (Å²) < 4.78 is 45.3. The third-order valence-electron chi connectivity index (χ3n) is 9.45. The van der Waals surface area contributed by atoms with Crippen LogP contribution in [0.4, 0.5) is 13.2 Å². The Morgan fingerprint density at radius 1 is 1.03 bits per heavy atom. The van der Waals surface area contributed by atoms with E-state index in [1.165, 1.54) is 0 Å². The highest BCUT2D eigenvalue weighted by atomic mass is 19.4. The fourth-order valence-corrected chi connectivity index (χ4v) is 8.00. The number of esters is 1. The minimum atomic E-state index is -4.52. The van der Waals surface area contributed by atoms with Crippen LogP contribution in [0.3, 0.4) is 0 Å². The molecule has 4 rings (SSSR count). The number of ether oxygens (including phenoxy) is 1. The number of alkyl halides is 3. The van der Waals surface area contributed by atoms with Crippen molar-refractivity contribution in [3.8, 4) is 0 Å². The minimum Gasteiger partial charge on any atom is -0.466 e. The molecule has 0 unspecified atom stereocenters. The van der Waals surface area contributed by atoms with E-state index in [9.17, 15) is 23.1 Å². The average molecular weight is 417 g/mol. The smallest absolute Gasteiger partial charge is 0.417 e. The predicted octanol–water partition coefficient (Wildman–Crippen LogP) is 5.50. The second-order valence-electron chi connectivity index (χ2n) is 10.5. The van der Waals surface area contributed by atoms with E-state index in [1.54, 1.807) is 0 Å². The van der Waals surface area contributed by atoms with Crippen LogP contribution < -0.4 is 0 Å². The third kappa shape index (κ3) is 3.51. The van der Waals surface area contributed by atoms with E-state index in [0.29, 0.717) is 49.0 Å². The maximum Gasteiger partial charge on any atom is 0.417 e. The highest BCUT2D eigenvalue weighted by Crippen LogP contribution is 2.65. The molecule has 6 heteroatoms. The van der Waals surface area contributed by atoms with E-state index in [2.05, 4.69) is 6.92 Å². The third-order valence-corrected chi connectivity index (χ3v) is 9.45. The zero-order valence-corrected chi connectivity index (χ0v) is 17.6. The number of carbonyl (C=O) groups excluding carboxylic acids is 1. The number of hydrogen-bond acceptors (Lipinski definition) is 3. The molecule has 0 aromatic heterocycles. The molecule has 4 aliphatic carbocycles. The van der Waals surface area contributed by atoms with Gasteiger partial charge in [-0.15, -0.1) is 0 Å². The molecule has 0 spiro atoms. The first-order chi connectivity index (χ1) is 13.6. The highest BCUT2D eigenvalue weighted by molar-refractivity contribution is 5.69. The SMILES string of the molecule is CCOC(=O)C[C@H]1CC[C@H]2[C@@H]3CC[C@@H]4C[C@@](O)(C(F)(F)F)CC[C@@H]4[C@H]3CC[C@]12C. The number of halogens is 3. The van der Waals surface area contributed by atoms with Crippen molar-refractivity contribution in [2.24, 2.45) is 40.9 Å². The molecule has 0 aromatic rings. The summed E-state index contributed by atoms with van der Waals surface area (Å²) in [6.45, 7) is 4.61. The summed E-state index contributed by atoms with van der Waals surface area (Å²) in [5, 5.41) is 10.2. The number of hydrogen-bond donors (Lipinski definition) is 1. The summed E-state index contributed by atoms with van der Waals surface area (Å²) in [7, 11) is 0. The molecule has 0 radical (unpaired) electrons. The van der Waals surface area contributed by atoms with Gasteiger partial charge in [-0.1, -0.05) is 6.92 Å². The molecule has 166 valence electrons. The van der Waals surface area contributed by atoms with Crippen molar-refractivity contribution in [3.63, 3.8) is 0 Å². The molecule has 29 heavy (non-hydrogen) atoms. The van der Waals surface area contributed by atoms with Gasteiger partial charge in [-0.25, -0.2) is 0 Å². The monoisotopic (exact) mass is 416 g/mol. The molecule has 0 saturated heterocycles. The number of rotatable bonds is 3. The van der Waals surface area contributed by atoms with E-state index >= 15 is 0 Å². The molecule has 3 nitrogen and oxygen atoms in total. The molecule has 0 heterocycles. The Kier molecular flexibility index (Phi) is 5.49. The summed E-state index contributed by atoms with van der Waals surface area (Å²) in [6.07, 6.45) is 2.32. The molecule has 0 aliphatic heterocycles. The van der Waals surface area contributed by atoms with Crippen LogP contribution in [0, 0.1) is 40.9 Å². The maximum absolute atomic E-state index is 13.4. The van der Waals surface area contributed by atoms with E-state index < -0.39 is 11.8 Å². The molecule has 0 aromatic carbocycles. The lowest BCUT2D eigenvalue weighted by atomic mass is 9.49. The average Bonchev–Trinajstić information content (AvgIpc) is 2.97. The Balaban J connectivity index is 1.46. The second kappa shape index (κ2) is 7.42. The number of carbonyl (C=O) groups is 1. The van der Waals surface area contributed by atoms with Gasteiger partial charge in [-0.2, -0.15) is 13.2 Å². The Morgan fingerprint density at radius 3 is 2.45 bits per heavy atom. The fraction of sp³-hybridized carbons (Fsp3) is 0.957. The van der Waals surface area contributed by atoms with Gasteiger partial charge >= 0.3 is 12.1 Å². The minimum absolute atomic E-state index is 0.00212. The lowest BCUT2D eigenvalue weighted by Gasteiger charge is -2.57. The quantitative estimate of drug-likeness (QED) is 0.618. The topological polar surface area (TPSA) is 46.5 Å². The Labute approximate surface area is 171 Å². The Hall–Kier alpha value is -0.780. The lowest BCUT2D eigenvalue weighted by molar-refractivity contribution is -0.282. The van der Waals surface area contributed by atoms with Gasteiger partial charge in [-0.3, -0.25) is 4.79 Å². The van der Waals surface area contributed by atoms with Crippen molar-refractivity contribution in [1.82, 2.24) is 0 Å². The van der Waals surface area contributed by atoms with Crippen molar-refractivity contribution in [1.29, 1.82) is 0 Å². The second-order valence-corrected chi connectivity index (χ2v) is 10.5. The van der Waals surface area contributed by atoms with Gasteiger partial charge in [0.05, 0.1) is 6.61 Å². The van der Waals surface area contributed by atoms with Crippen LogP contribution in [0.2, 0.25) is 0 Å². The first-order valence-electron chi connectivity index (χ1n) is 11.5. The van der Waals surface area contributed by atoms with Gasteiger partial charge in [0, 0.05) is 6.42 Å². The summed E-state index contributed by atoms with van der Waals surface area (Å²) in [5.41, 5.74) is -2.33. The molecule has 0 amide bonds. The standard InChI is InChI=1S/C23H35F3O3/c1-3-29-20(27)12-15-5-7-19-18-6-4-14-13-22(28,23(24,25)26)11-9-16(14)17(18)8-10-21(15,19)2/h14-19,28H,3-13H2,1-2H3/t14-,15-,16+,17-,18-,19+,21-,22-/m1/s1. The van der Waals surface area contributed by atoms with Crippen LogP contribution in [-0.2, 0) is 9.53 Å². The van der Waals surface area contributed by atoms with Gasteiger partial charge in [0.25, 0.3) is 0 Å². The van der Waals surface area contributed by atoms with E-state index in [-0.39, 0.29) is 30.1 Å². The molecule has 4 saturated carbocycles. The van der Waals surface area contributed by atoms with Crippen LogP contribution in [0.5, 0.6) is 0 Å². The molecule has 8 atom stereocenters. The summed E-state index contributed by atoms with van der Waals surface area (Å²) >= 11 is 0.